The topological polar surface area (TPSA) is 72.7 Å². The van der Waals surface area contributed by atoms with E-state index in [0.717, 1.165) is 16.9 Å². The van der Waals surface area contributed by atoms with Crippen molar-refractivity contribution in [3.8, 4) is 0 Å². The molecule has 1 atom stereocenters. The van der Waals surface area contributed by atoms with Crippen molar-refractivity contribution in [3.05, 3.63) is 35.9 Å². The molecule has 0 aliphatic heterocycles. The third kappa shape index (κ3) is 3.56. The molecule has 0 saturated carbocycles. The van der Waals surface area contributed by atoms with E-state index in [1.165, 1.54) is 13.1 Å². The summed E-state index contributed by atoms with van der Waals surface area (Å²) < 4.78 is 38.3. The second kappa shape index (κ2) is 5.51. The second-order valence-corrected chi connectivity index (χ2v) is 4.37. The highest BCUT2D eigenvalue weighted by Gasteiger charge is 2.34. The zero-order valence-corrected chi connectivity index (χ0v) is 11.2. The van der Waals surface area contributed by atoms with Gasteiger partial charge in [-0.15, -0.1) is 0 Å². The van der Waals surface area contributed by atoms with Crippen molar-refractivity contribution in [2.75, 3.05) is 5.32 Å². The van der Waals surface area contributed by atoms with E-state index in [1.54, 1.807) is 13.0 Å². The lowest BCUT2D eigenvalue weighted by atomic mass is 10.3. The summed E-state index contributed by atoms with van der Waals surface area (Å²) in [6.07, 6.45) is -1.97. The van der Waals surface area contributed by atoms with Crippen molar-refractivity contribution >= 4 is 11.9 Å². The number of alkyl halides is 3. The van der Waals surface area contributed by atoms with Crippen molar-refractivity contribution < 1.29 is 18.0 Å². The third-order valence-electron chi connectivity index (χ3n) is 2.70. The summed E-state index contributed by atoms with van der Waals surface area (Å²) >= 11 is 0. The molecule has 0 radical (unpaired) electrons. The van der Waals surface area contributed by atoms with Gasteiger partial charge >= 0.3 is 6.18 Å². The van der Waals surface area contributed by atoms with Gasteiger partial charge in [0.25, 0.3) is 5.91 Å². The first-order valence-electron chi connectivity index (χ1n) is 6.00. The first kappa shape index (κ1) is 14.9. The van der Waals surface area contributed by atoms with Crippen LogP contribution in [-0.4, -0.2) is 25.7 Å². The van der Waals surface area contributed by atoms with E-state index >= 15 is 0 Å². The second-order valence-electron chi connectivity index (χ2n) is 4.37. The zero-order valence-electron chi connectivity index (χ0n) is 11.2. The van der Waals surface area contributed by atoms with Crippen LogP contribution in [0.3, 0.4) is 0 Å². The number of nitrogens with zero attached hydrogens (tertiary/aromatic N) is 4. The van der Waals surface area contributed by atoms with Crippen LogP contribution < -0.4 is 5.32 Å². The van der Waals surface area contributed by atoms with Crippen molar-refractivity contribution in [3.63, 3.8) is 0 Å². The highest BCUT2D eigenvalue weighted by molar-refractivity contribution is 5.91. The van der Waals surface area contributed by atoms with E-state index in [1.807, 2.05) is 0 Å². The average Bonchev–Trinajstić information content (AvgIpc) is 2.87. The predicted octanol–water partition coefficient (Wildman–Crippen LogP) is 2.20. The Morgan fingerprint density at radius 3 is 2.67 bits per heavy atom. The SMILES string of the molecule is Cc1ccnc(NC(=O)C(C)n2ccc(C(F)(F)F)n2)n1. The largest absolute Gasteiger partial charge is 0.435 e. The van der Waals surface area contributed by atoms with Gasteiger partial charge in [-0.3, -0.25) is 14.8 Å². The standard InChI is InChI=1S/C12H12F3N5O/c1-7-3-5-16-11(17-7)18-10(21)8(2)20-6-4-9(19-20)12(13,14)15/h3-6,8H,1-2H3,(H,16,17,18,21). The molecule has 1 N–H and O–H groups in total. The lowest BCUT2D eigenvalue weighted by Crippen LogP contribution is -2.25. The molecule has 0 saturated heterocycles. The number of nitrogens with one attached hydrogen (secondary N) is 1. The number of anilines is 1. The molecule has 0 aliphatic carbocycles. The van der Waals surface area contributed by atoms with Crippen molar-refractivity contribution in [2.24, 2.45) is 0 Å². The minimum absolute atomic E-state index is 0.0926. The molecular weight excluding hydrogens is 287 g/mol. The molecule has 2 heterocycles. The Bertz CT molecular complexity index is 652. The molecule has 9 heteroatoms. The quantitative estimate of drug-likeness (QED) is 0.943. The molecule has 2 aromatic rings. The number of amides is 1. The van der Waals surface area contributed by atoms with E-state index in [9.17, 15) is 18.0 Å². The van der Waals surface area contributed by atoms with E-state index in [0.29, 0.717) is 5.69 Å². The van der Waals surface area contributed by atoms with Crippen LogP contribution in [-0.2, 0) is 11.0 Å². The molecule has 21 heavy (non-hydrogen) atoms. The van der Waals surface area contributed by atoms with Gasteiger partial charge in [0, 0.05) is 18.1 Å². The van der Waals surface area contributed by atoms with Gasteiger partial charge in [0.05, 0.1) is 0 Å². The fourth-order valence-corrected chi connectivity index (χ4v) is 1.55. The van der Waals surface area contributed by atoms with Crippen molar-refractivity contribution in [2.45, 2.75) is 26.1 Å². The summed E-state index contributed by atoms with van der Waals surface area (Å²) in [6, 6.07) is 1.54. The first-order valence-corrected chi connectivity index (χ1v) is 6.00. The Kier molecular flexibility index (Phi) is 3.92. The van der Waals surface area contributed by atoms with Gasteiger partial charge in [0.15, 0.2) is 5.69 Å². The summed E-state index contributed by atoms with van der Waals surface area (Å²) in [4.78, 5) is 19.8. The molecule has 0 aliphatic rings. The van der Waals surface area contributed by atoms with Crippen molar-refractivity contribution in [1.82, 2.24) is 19.7 Å². The van der Waals surface area contributed by atoms with Crippen LogP contribution >= 0.6 is 0 Å². The van der Waals surface area contributed by atoms with Crippen LogP contribution in [0.15, 0.2) is 24.5 Å². The molecule has 6 nitrogen and oxygen atoms in total. The first-order chi connectivity index (χ1) is 9.77. The molecule has 0 aromatic carbocycles. The maximum absolute atomic E-state index is 12.5. The van der Waals surface area contributed by atoms with Crippen molar-refractivity contribution in [1.29, 1.82) is 0 Å². The minimum atomic E-state index is -4.54. The summed E-state index contributed by atoms with van der Waals surface area (Å²) in [5.41, 5.74) is -0.389. The number of hydrogen-bond donors (Lipinski definition) is 1. The predicted molar refractivity (Wildman–Crippen MR) is 67.3 cm³/mol. The van der Waals surface area contributed by atoms with Crippen LogP contribution in [0.4, 0.5) is 19.1 Å². The normalized spacial score (nSPS) is 13.0. The highest BCUT2D eigenvalue weighted by Crippen LogP contribution is 2.27. The number of carbonyl (C=O) groups excluding carboxylic acids is 1. The van der Waals surface area contributed by atoms with Crippen LogP contribution in [0.5, 0.6) is 0 Å². The Balaban J connectivity index is 2.11. The third-order valence-corrected chi connectivity index (χ3v) is 2.70. The summed E-state index contributed by atoms with van der Waals surface area (Å²) in [7, 11) is 0. The minimum Gasteiger partial charge on any atom is -0.293 e. The summed E-state index contributed by atoms with van der Waals surface area (Å²) in [5.74, 6) is -0.465. The lowest BCUT2D eigenvalue weighted by molar-refractivity contribution is -0.141. The highest BCUT2D eigenvalue weighted by atomic mass is 19.4. The van der Waals surface area contributed by atoms with Gasteiger partial charge in [-0.05, 0) is 26.0 Å². The number of aromatic nitrogens is 4. The molecular formula is C12H12F3N5O. The number of aryl methyl sites for hydroxylation is 1. The average molecular weight is 299 g/mol. The Morgan fingerprint density at radius 2 is 2.10 bits per heavy atom. The molecule has 1 unspecified atom stereocenters. The van der Waals surface area contributed by atoms with Gasteiger partial charge in [-0.2, -0.15) is 18.3 Å². The van der Waals surface area contributed by atoms with E-state index in [2.05, 4.69) is 20.4 Å². The van der Waals surface area contributed by atoms with Crippen LogP contribution in [0.1, 0.15) is 24.4 Å². The number of carbonyl (C=O) groups is 1. The Morgan fingerprint density at radius 1 is 1.38 bits per heavy atom. The molecule has 112 valence electrons. The summed E-state index contributed by atoms with van der Waals surface area (Å²) in [6.45, 7) is 3.15. The number of hydrogen-bond acceptors (Lipinski definition) is 4. The van der Waals surface area contributed by atoms with Crippen LogP contribution in [0.2, 0.25) is 0 Å². The van der Waals surface area contributed by atoms with E-state index in [4.69, 9.17) is 0 Å². The van der Waals surface area contributed by atoms with Gasteiger partial charge in [0.2, 0.25) is 5.95 Å². The maximum Gasteiger partial charge on any atom is 0.435 e. The molecule has 2 rings (SSSR count). The Labute approximate surface area is 118 Å². The van der Waals surface area contributed by atoms with E-state index < -0.39 is 23.8 Å². The van der Waals surface area contributed by atoms with E-state index in [-0.39, 0.29) is 5.95 Å². The smallest absolute Gasteiger partial charge is 0.293 e. The molecule has 0 fully saturated rings. The fourth-order valence-electron chi connectivity index (χ4n) is 1.55. The fraction of sp³-hybridized carbons (Fsp3) is 0.333. The maximum atomic E-state index is 12.5. The molecule has 1 amide bonds. The van der Waals surface area contributed by atoms with Crippen LogP contribution in [0.25, 0.3) is 0 Å². The van der Waals surface area contributed by atoms with Crippen LogP contribution in [0, 0.1) is 6.92 Å². The molecule has 2 aromatic heterocycles. The number of halogens is 3. The van der Waals surface area contributed by atoms with Gasteiger partial charge in [-0.25, -0.2) is 9.97 Å². The van der Waals surface area contributed by atoms with Gasteiger partial charge in [-0.1, -0.05) is 0 Å². The molecule has 0 spiro atoms. The van der Waals surface area contributed by atoms with Gasteiger partial charge < -0.3 is 0 Å². The van der Waals surface area contributed by atoms with Gasteiger partial charge in [0.1, 0.15) is 6.04 Å². The molecule has 0 bridgehead atoms. The lowest BCUT2D eigenvalue weighted by Gasteiger charge is -2.12. The Hall–Kier alpha value is -2.45. The monoisotopic (exact) mass is 299 g/mol. The zero-order chi connectivity index (χ0) is 15.6. The summed E-state index contributed by atoms with van der Waals surface area (Å²) in [5, 5.41) is 5.78. The number of rotatable bonds is 3.